The van der Waals surface area contributed by atoms with E-state index in [1.54, 1.807) is 35.1 Å². The number of amides is 1. The van der Waals surface area contributed by atoms with E-state index in [1.807, 2.05) is 13.2 Å². The van der Waals surface area contributed by atoms with Gasteiger partial charge in [0.05, 0.1) is 11.9 Å². The number of carboxylic acids is 1. The summed E-state index contributed by atoms with van der Waals surface area (Å²) >= 11 is 7.15. The fraction of sp³-hybridized carbons (Fsp3) is 0.167. The van der Waals surface area contributed by atoms with Crippen molar-refractivity contribution in [2.45, 2.75) is 12.3 Å². The molecule has 26 heavy (non-hydrogen) atoms. The lowest BCUT2D eigenvalue weighted by Crippen LogP contribution is -2.22. The first kappa shape index (κ1) is 16.8. The van der Waals surface area contributed by atoms with Crippen molar-refractivity contribution in [2.24, 2.45) is 7.05 Å². The summed E-state index contributed by atoms with van der Waals surface area (Å²) < 4.78 is 1.67. The monoisotopic (exact) mass is 387 g/mol. The van der Waals surface area contributed by atoms with Crippen molar-refractivity contribution in [3.8, 4) is 11.1 Å². The molecule has 4 rings (SSSR count). The van der Waals surface area contributed by atoms with Crippen LogP contribution < -0.4 is 5.32 Å². The maximum Gasteiger partial charge on any atom is 0.346 e. The van der Waals surface area contributed by atoms with E-state index in [2.05, 4.69) is 10.4 Å². The van der Waals surface area contributed by atoms with Crippen molar-refractivity contribution in [1.82, 2.24) is 9.78 Å². The molecule has 0 saturated carbocycles. The molecule has 1 aliphatic heterocycles. The normalized spacial score (nSPS) is 16.2. The van der Waals surface area contributed by atoms with Gasteiger partial charge in [0, 0.05) is 41.0 Å². The number of nitrogens with zero attached hydrogens (tertiary/aromatic N) is 2. The first-order valence-electron chi connectivity index (χ1n) is 7.88. The summed E-state index contributed by atoms with van der Waals surface area (Å²) in [5, 5.41) is 17.3. The molecule has 2 aromatic heterocycles. The Morgan fingerprint density at radius 2 is 2.12 bits per heavy atom. The van der Waals surface area contributed by atoms with Crippen LogP contribution in [0.5, 0.6) is 0 Å². The number of nitrogens with one attached hydrogen (secondary N) is 1. The lowest BCUT2D eigenvalue weighted by Gasteiger charge is -2.22. The third-order valence-electron chi connectivity index (χ3n) is 4.36. The summed E-state index contributed by atoms with van der Waals surface area (Å²) in [6.07, 6.45) is 3.84. The van der Waals surface area contributed by atoms with Gasteiger partial charge in [-0.2, -0.15) is 5.10 Å². The van der Waals surface area contributed by atoms with Crippen LogP contribution in [0.1, 0.15) is 32.5 Å². The average molecular weight is 388 g/mol. The third kappa shape index (κ3) is 2.79. The quantitative estimate of drug-likeness (QED) is 0.712. The fourth-order valence-corrected chi connectivity index (χ4v) is 4.59. The number of hydrogen-bond acceptors (Lipinski definition) is 4. The smallest absolute Gasteiger partial charge is 0.346 e. The highest BCUT2D eigenvalue weighted by Gasteiger charge is 2.34. The van der Waals surface area contributed by atoms with Gasteiger partial charge in [-0.3, -0.25) is 9.48 Å². The Hall–Kier alpha value is -2.64. The van der Waals surface area contributed by atoms with Crippen LogP contribution in [0.2, 0.25) is 5.02 Å². The predicted octanol–water partition coefficient (Wildman–Crippen LogP) is 3.97. The van der Waals surface area contributed by atoms with E-state index >= 15 is 0 Å². The number of aromatic carboxylic acids is 1. The Morgan fingerprint density at radius 3 is 2.73 bits per heavy atom. The highest BCUT2D eigenvalue weighted by atomic mass is 35.5. The van der Waals surface area contributed by atoms with Crippen molar-refractivity contribution < 1.29 is 14.7 Å². The minimum atomic E-state index is -1.02. The van der Waals surface area contributed by atoms with E-state index in [4.69, 9.17) is 11.6 Å². The van der Waals surface area contributed by atoms with E-state index in [0.717, 1.165) is 10.4 Å². The van der Waals surface area contributed by atoms with Gasteiger partial charge >= 0.3 is 5.97 Å². The van der Waals surface area contributed by atoms with E-state index < -0.39 is 5.97 Å². The molecule has 0 radical (unpaired) electrons. The Bertz CT molecular complexity index is 1020. The maximum absolute atomic E-state index is 12.3. The molecule has 2 N–H and O–H groups in total. The summed E-state index contributed by atoms with van der Waals surface area (Å²) in [7, 11) is 1.81. The molecule has 8 heteroatoms. The summed E-state index contributed by atoms with van der Waals surface area (Å²) in [5.74, 6) is -1.37. The molecule has 3 heterocycles. The minimum Gasteiger partial charge on any atom is -0.477 e. The van der Waals surface area contributed by atoms with Crippen LogP contribution in [0.3, 0.4) is 0 Å². The maximum atomic E-state index is 12.3. The van der Waals surface area contributed by atoms with E-state index in [-0.39, 0.29) is 23.1 Å². The highest BCUT2D eigenvalue weighted by molar-refractivity contribution is 7.15. The molecule has 0 spiro atoms. The van der Waals surface area contributed by atoms with Gasteiger partial charge < -0.3 is 10.4 Å². The molecule has 0 saturated heterocycles. The van der Waals surface area contributed by atoms with E-state index in [0.29, 0.717) is 21.8 Å². The molecule has 6 nitrogen and oxygen atoms in total. The summed E-state index contributed by atoms with van der Waals surface area (Å²) in [6, 6.07) is 6.93. The molecular weight excluding hydrogens is 374 g/mol. The van der Waals surface area contributed by atoms with Gasteiger partial charge in [-0.05, 0) is 23.3 Å². The summed E-state index contributed by atoms with van der Waals surface area (Å²) in [5.41, 5.74) is 2.69. The van der Waals surface area contributed by atoms with Crippen LogP contribution in [0.25, 0.3) is 11.1 Å². The Kier molecular flexibility index (Phi) is 4.05. The number of rotatable bonds is 3. The molecule has 0 bridgehead atoms. The van der Waals surface area contributed by atoms with E-state index in [1.165, 1.54) is 11.3 Å². The van der Waals surface area contributed by atoms with Gasteiger partial charge in [-0.25, -0.2) is 4.79 Å². The van der Waals surface area contributed by atoms with Crippen molar-refractivity contribution in [1.29, 1.82) is 0 Å². The van der Waals surface area contributed by atoms with Gasteiger partial charge in [0.2, 0.25) is 5.91 Å². The number of benzene rings is 1. The molecule has 1 aromatic carbocycles. The molecule has 132 valence electrons. The van der Waals surface area contributed by atoms with Gasteiger partial charge in [0.15, 0.2) is 0 Å². The topological polar surface area (TPSA) is 84.2 Å². The lowest BCUT2D eigenvalue weighted by atomic mass is 9.90. The number of anilines is 1. The molecule has 0 unspecified atom stereocenters. The van der Waals surface area contributed by atoms with Gasteiger partial charge in [-0.15, -0.1) is 11.3 Å². The second kappa shape index (κ2) is 6.26. The predicted molar refractivity (Wildman–Crippen MR) is 100 cm³/mol. The first-order chi connectivity index (χ1) is 12.4. The fourth-order valence-electron chi connectivity index (χ4n) is 3.22. The molecule has 1 atom stereocenters. The molecular formula is C18H14ClN3O3S. The SMILES string of the molecule is Cn1cc([C@H]2CC(=O)Nc3c2sc(C(=O)O)c3-c2ccc(Cl)cc2)cn1. The van der Waals surface area contributed by atoms with Crippen LogP contribution in [-0.2, 0) is 11.8 Å². The average Bonchev–Trinajstić information content (AvgIpc) is 3.19. The molecule has 1 amide bonds. The summed E-state index contributed by atoms with van der Waals surface area (Å²) in [4.78, 5) is 25.2. The molecule has 0 fully saturated rings. The largest absolute Gasteiger partial charge is 0.477 e. The van der Waals surface area contributed by atoms with Crippen LogP contribution in [0.4, 0.5) is 5.69 Å². The van der Waals surface area contributed by atoms with Gasteiger partial charge in [0.25, 0.3) is 0 Å². The number of carboxylic acid groups (broad SMARTS) is 1. The number of carbonyl (C=O) groups excluding carboxylic acids is 1. The molecule has 3 aromatic rings. The first-order valence-corrected chi connectivity index (χ1v) is 9.08. The van der Waals surface area contributed by atoms with Crippen LogP contribution in [-0.4, -0.2) is 26.8 Å². The van der Waals surface area contributed by atoms with Crippen molar-refractivity contribution >= 4 is 40.5 Å². The number of aryl methyl sites for hydroxylation is 1. The standard InChI is InChI=1S/C18H14ClN3O3S/c1-22-8-10(7-20-22)12-6-13(23)21-15-14(9-2-4-11(19)5-3-9)17(18(24)25)26-16(12)15/h2-5,7-8,12H,6H2,1H3,(H,21,23)(H,24,25)/t12-/m1/s1. The van der Waals surface area contributed by atoms with Crippen LogP contribution in [0.15, 0.2) is 36.7 Å². The number of thiophene rings is 1. The molecule has 0 aliphatic carbocycles. The Morgan fingerprint density at radius 1 is 1.38 bits per heavy atom. The van der Waals surface area contributed by atoms with Gasteiger partial charge in [0.1, 0.15) is 4.88 Å². The Balaban J connectivity index is 1.93. The number of fused-ring (bicyclic) bond motifs is 1. The summed E-state index contributed by atoms with van der Waals surface area (Å²) in [6.45, 7) is 0. The highest BCUT2D eigenvalue weighted by Crippen LogP contribution is 2.49. The Labute approximate surface area is 158 Å². The second-order valence-electron chi connectivity index (χ2n) is 6.11. The zero-order valence-electron chi connectivity index (χ0n) is 13.7. The van der Waals surface area contributed by atoms with Crippen molar-refractivity contribution in [3.05, 3.63) is 57.0 Å². The van der Waals surface area contributed by atoms with Crippen LogP contribution >= 0.6 is 22.9 Å². The van der Waals surface area contributed by atoms with Gasteiger partial charge in [-0.1, -0.05) is 23.7 Å². The lowest BCUT2D eigenvalue weighted by molar-refractivity contribution is -0.116. The van der Waals surface area contributed by atoms with Crippen LogP contribution in [0, 0.1) is 0 Å². The van der Waals surface area contributed by atoms with Crippen molar-refractivity contribution in [3.63, 3.8) is 0 Å². The number of halogens is 1. The molecule has 1 aliphatic rings. The zero-order chi connectivity index (χ0) is 18.4. The minimum absolute atomic E-state index is 0.142. The van der Waals surface area contributed by atoms with E-state index in [9.17, 15) is 14.7 Å². The third-order valence-corrected chi connectivity index (χ3v) is 5.90. The number of carbonyl (C=O) groups is 2. The number of hydrogen-bond donors (Lipinski definition) is 2. The zero-order valence-corrected chi connectivity index (χ0v) is 15.3. The second-order valence-corrected chi connectivity index (χ2v) is 7.60. The van der Waals surface area contributed by atoms with Crippen molar-refractivity contribution in [2.75, 3.05) is 5.32 Å². The number of aromatic nitrogens is 2.